The van der Waals surface area contributed by atoms with Crippen LogP contribution in [-0.4, -0.2) is 24.1 Å². The van der Waals surface area contributed by atoms with E-state index in [9.17, 15) is 4.79 Å². The van der Waals surface area contributed by atoms with Gasteiger partial charge in [0.25, 0.3) is 5.91 Å². The highest BCUT2D eigenvalue weighted by Crippen LogP contribution is 2.33. The quantitative estimate of drug-likeness (QED) is 0.712. The van der Waals surface area contributed by atoms with Crippen molar-refractivity contribution in [1.29, 1.82) is 0 Å². The number of nitrogens with zero attached hydrogens (tertiary/aromatic N) is 1. The zero-order chi connectivity index (χ0) is 18.8. The summed E-state index contributed by atoms with van der Waals surface area (Å²) in [5.41, 5.74) is 3.71. The average Bonchev–Trinajstić information content (AvgIpc) is 3.10. The number of fused-ring (bicyclic) bond motifs is 1. The summed E-state index contributed by atoms with van der Waals surface area (Å²) in [5, 5.41) is 3.78. The van der Waals surface area contributed by atoms with E-state index in [1.165, 1.54) is 16.9 Å². The molecule has 0 fully saturated rings. The molecular weight excluding hydrogens is 360 g/mol. The monoisotopic (exact) mass is 380 g/mol. The number of hydrogen-bond donors (Lipinski definition) is 1. The molecule has 6 heteroatoms. The molecule has 0 bridgehead atoms. The molecule has 1 aliphatic rings. The molecule has 0 radical (unpaired) electrons. The average molecular weight is 380 g/mol. The van der Waals surface area contributed by atoms with Gasteiger partial charge in [-0.2, -0.15) is 0 Å². The van der Waals surface area contributed by atoms with Crippen molar-refractivity contribution >= 4 is 22.9 Å². The van der Waals surface area contributed by atoms with Crippen LogP contribution in [0.2, 0.25) is 0 Å². The second-order valence-electron chi connectivity index (χ2n) is 6.30. The molecule has 0 saturated carbocycles. The van der Waals surface area contributed by atoms with Gasteiger partial charge < -0.3 is 14.8 Å². The molecule has 0 aliphatic carbocycles. The van der Waals surface area contributed by atoms with Gasteiger partial charge in [0.05, 0.1) is 5.69 Å². The Morgan fingerprint density at radius 1 is 1.11 bits per heavy atom. The van der Waals surface area contributed by atoms with Crippen molar-refractivity contribution in [2.75, 3.05) is 18.5 Å². The number of amides is 1. The van der Waals surface area contributed by atoms with Crippen LogP contribution >= 0.6 is 11.3 Å². The first kappa shape index (κ1) is 17.5. The molecule has 1 N–H and O–H groups in total. The molecule has 0 saturated heterocycles. The number of carbonyl (C=O) groups is 1. The fraction of sp³-hybridized carbons (Fsp3) is 0.238. The Balaban J connectivity index is 1.54. The minimum Gasteiger partial charge on any atom is -0.486 e. The van der Waals surface area contributed by atoms with Gasteiger partial charge in [-0.25, -0.2) is 4.98 Å². The topological polar surface area (TPSA) is 60.5 Å². The second-order valence-corrected chi connectivity index (χ2v) is 7.30. The fourth-order valence-corrected chi connectivity index (χ4v) is 3.89. The standard InChI is InChI=1S/C21H20N2O3S/c1-3-14-4-6-15(7-5-14)21-22-13(2)19(27-21)20(24)23-16-8-9-17-18(12-16)26-11-10-25-17/h4-9,12H,3,10-11H2,1-2H3,(H,23,24). The number of carbonyl (C=O) groups excluding carboxylic acids is 1. The molecule has 5 nitrogen and oxygen atoms in total. The summed E-state index contributed by atoms with van der Waals surface area (Å²) in [5.74, 6) is 1.18. The van der Waals surface area contributed by atoms with E-state index in [2.05, 4.69) is 41.5 Å². The van der Waals surface area contributed by atoms with E-state index in [1.807, 2.05) is 19.1 Å². The van der Waals surface area contributed by atoms with Crippen molar-refractivity contribution in [1.82, 2.24) is 4.98 Å². The van der Waals surface area contributed by atoms with Crippen LogP contribution in [0.4, 0.5) is 5.69 Å². The predicted molar refractivity (Wildman–Crippen MR) is 107 cm³/mol. The van der Waals surface area contributed by atoms with Crippen molar-refractivity contribution in [3.8, 4) is 22.1 Å². The Hall–Kier alpha value is -2.86. The van der Waals surface area contributed by atoms with Crippen LogP contribution in [0.15, 0.2) is 42.5 Å². The van der Waals surface area contributed by atoms with E-state index in [0.29, 0.717) is 35.3 Å². The van der Waals surface area contributed by atoms with Crippen LogP contribution in [0.25, 0.3) is 10.6 Å². The van der Waals surface area contributed by atoms with Crippen LogP contribution in [0.1, 0.15) is 27.9 Å². The Labute approximate surface area is 162 Å². The third-order valence-electron chi connectivity index (χ3n) is 4.41. The third-order valence-corrected chi connectivity index (χ3v) is 5.62. The Morgan fingerprint density at radius 2 is 1.85 bits per heavy atom. The third kappa shape index (κ3) is 3.66. The highest BCUT2D eigenvalue weighted by atomic mass is 32.1. The predicted octanol–water partition coefficient (Wildman–Crippen LogP) is 4.70. The number of hydrogen-bond acceptors (Lipinski definition) is 5. The van der Waals surface area contributed by atoms with E-state index < -0.39 is 0 Å². The van der Waals surface area contributed by atoms with E-state index in [0.717, 1.165) is 22.7 Å². The smallest absolute Gasteiger partial charge is 0.267 e. The minimum absolute atomic E-state index is 0.168. The summed E-state index contributed by atoms with van der Waals surface area (Å²) in [4.78, 5) is 17.9. The number of nitrogens with one attached hydrogen (secondary N) is 1. The molecule has 2 heterocycles. The number of benzene rings is 2. The fourth-order valence-electron chi connectivity index (χ4n) is 2.92. The summed E-state index contributed by atoms with van der Waals surface area (Å²) in [6, 6.07) is 13.7. The van der Waals surface area contributed by atoms with Crippen LogP contribution in [0.3, 0.4) is 0 Å². The van der Waals surface area contributed by atoms with Crippen molar-refractivity contribution < 1.29 is 14.3 Å². The van der Waals surface area contributed by atoms with Crippen molar-refractivity contribution in [2.24, 2.45) is 0 Å². The molecule has 1 amide bonds. The number of rotatable bonds is 4. The second kappa shape index (κ2) is 7.40. The van der Waals surface area contributed by atoms with Crippen LogP contribution in [0.5, 0.6) is 11.5 Å². The minimum atomic E-state index is -0.168. The van der Waals surface area contributed by atoms with E-state index in [4.69, 9.17) is 9.47 Å². The first-order valence-corrected chi connectivity index (χ1v) is 9.73. The highest BCUT2D eigenvalue weighted by molar-refractivity contribution is 7.17. The number of ether oxygens (including phenoxy) is 2. The van der Waals surface area contributed by atoms with Crippen LogP contribution < -0.4 is 14.8 Å². The lowest BCUT2D eigenvalue weighted by Crippen LogP contribution is -2.16. The maximum absolute atomic E-state index is 12.7. The van der Waals surface area contributed by atoms with Gasteiger partial charge in [-0.15, -0.1) is 11.3 Å². The SMILES string of the molecule is CCc1ccc(-c2nc(C)c(C(=O)Nc3ccc4c(c3)OCCO4)s2)cc1. The summed E-state index contributed by atoms with van der Waals surface area (Å²) < 4.78 is 11.1. The Bertz CT molecular complexity index is 980. The highest BCUT2D eigenvalue weighted by Gasteiger charge is 2.18. The molecule has 27 heavy (non-hydrogen) atoms. The van der Waals surface area contributed by atoms with Gasteiger partial charge in [0.2, 0.25) is 0 Å². The number of aryl methyl sites for hydroxylation is 2. The molecule has 1 aromatic heterocycles. The Kier molecular flexibility index (Phi) is 4.81. The first-order valence-electron chi connectivity index (χ1n) is 8.92. The lowest BCUT2D eigenvalue weighted by Gasteiger charge is -2.18. The largest absolute Gasteiger partial charge is 0.486 e. The van der Waals surface area contributed by atoms with Gasteiger partial charge in [0, 0.05) is 17.3 Å². The molecule has 0 atom stereocenters. The van der Waals surface area contributed by atoms with Gasteiger partial charge in [-0.05, 0) is 31.0 Å². The Morgan fingerprint density at radius 3 is 2.59 bits per heavy atom. The molecule has 138 valence electrons. The van der Waals surface area contributed by atoms with Crippen molar-refractivity contribution in [2.45, 2.75) is 20.3 Å². The summed E-state index contributed by atoms with van der Waals surface area (Å²) >= 11 is 1.40. The molecule has 0 spiro atoms. The molecule has 2 aromatic carbocycles. The number of aromatic nitrogens is 1. The van der Waals surface area contributed by atoms with Crippen molar-refractivity contribution in [3.05, 3.63) is 58.6 Å². The van der Waals surface area contributed by atoms with Crippen molar-refractivity contribution in [3.63, 3.8) is 0 Å². The first-order chi connectivity index (χ1) is 13.1. The van der Waals surface area contributed by atoms with Gasteiger partial charge in [0.1, 0.15) is 23.1 Å². The number of thiazole rings is 1. The molecule has 1 aliphatic heterocycles. The molecule has 3 aromatic rings. The lowest BCUT2D eigenvalue weighted by atomic mass is 10.1. The van der Waals surface area contributed by atoms with E-state index >= 15 is 0 Å². The van der Waals surface area contributed by atoms with Crippen LogP contribution in [0, 0.1) is 6.92 Å². The molecule has 4 rings (SSSR count). The van der Waals surface area contributed by atoms with Gasteiger partial charge in [0.15, 0.2) is 11.5 Å². The zero-order valence-electron chi connectivity index (χ0n) is 15.2. The maximum Gasteiger partial charge on any atom is 0.267 e. The van der Waals surface area contributed by atoms with E-state index in [1.54, 1.807) is 6.07 Å². The van der Waals surface area contributed by atoms with E-state index in [-0.39, 0.29) is 5.91 Å². The maximum atomic E-state index is 12.7. The molecular formula is C21H20N2O3S. The normalized spacial score (nSPS) is 12.7. The lowest BCUT2D eigenvalue weighted by molar-refractivity contribution is 0.102. The van der Waals surface area contributed by atoms with Gasteiger partial charge in [-0.1, -0.05) is 31.2 Å². The number of anilines is 1. The van der Waals surface area contributed by atoms with Gasteiger partial charge in [-0.3, -0.25) is 4.79 Å². The summed E-state index contributed by atoms with van der Waals surface area (Å²) in [6.45, 7) is 5.04. The summed E-state index contributed by atoms with van der Waals surface area (Å²) in [7, 11) is 0. The van der Waals surface area contributed by atoms with Gasteiger partial charge >= 0.3 is 0 Å². The zero-order valence-corrected chi connectivity index (χ0v) is 16.1. The summed E-state index contributed by atoms with van der Waals surface area (Å²) in [6.07, 6.45) is 1.00. The van der Waals surface area contributed by atoms with Crippen LogP contribution in [-0.2, 0) is 6.42 Å². The molecule has 0 unspecified atom stereocenters.